The van der Waals surface area contributed by atoms with Gasteiger partial charge in [0.05, 0.1) is 11.1 Å². The second kappa shape index (κ2) is 10.9. The van der Waals surface area contributed by atoms with Crippen molar-refractivity contribution < 1.29 is 4.74 Å². The van der Waals surface area contributed by atoms with E-state index in [1.54, 1.807) is 0 Å². The lowest BCUT2D eigenvalue weighted by atomic mass is 9.68. The van der Waals surface area contributed by atoms with Gasteiger partial charge in [-0.15, -0.1) is 0 Å². The van der Waals surface area contributed by atoms with E-state index in [-0.39, 0.29) is 0 Å². The monoisotopic (exact) mass is 434 g/mol. The smallest absolute Gasteiger partial charge is 0.133 e. The van der Waals surface area contributed by atoms with Crippen molar-refractivity contribution in [2.24, 2.45) is 17.8 Å². The maximum absolute atomic E-state index is 5.89. The molecule has 0 amide bonds. The molecule has 152 valence electrons. The van der Waals surface area contributed by atoms with E-state index >= 15 is 0 Å². The predicted octanol–water partition coefficient (Wildman–Crippen LogP) is 8.51. The molecule has 2 fully saturated rings. The Morgan fingerprint density at radius 1 is 0.889 bits per heavy atom. The third kappa shape index (κ3) is 5.99. The Morgan fingerprint density at radius 2 is 1.56 bits per heavy atom. The Bertz CT molecular complexity index is 553. The molecule has 2 heteroatoms. The Kier molecular flexibility index (Phi) is 8.55. The van der Waals surface area contributed by atoms with Crippen LogP contribution in [0.4, 0.5) is 0 Å². The first-order chi connectivity index (χ1) is 13.2. The fourth-order valence-corrected chi connectivity index (χ4v) is 6.01. The molecule has 0 spiro atoms. The van der Waals surface area contributed by atoms with Crippen molar-refractivity contribution in [3.8, 4) is 5.75 Å². The highest BCUT2D eigenvalue weighted by molar-refractivity contribution is 9.10. The average Bonchev–Trinajstić information content (AvgIpc) is 2.70. The summed E-state index contributed by atoms with van der Waals surface area (Å²) in [5.41, 5.74) is 1.51. The average molecular weight is 435 g/mol. The van der Waals surface area contributed by atoms with Crippen LogP contribution < -0.4 is 4.74 Å². The lowest BCUT2D eigenvalue weighted by Gasteiger charge is -2.38. The molecule has 0 bridgehead atoms. The van der Waals surface area contributed by atoms with E-state index in [0.29, 0.717) is 0 Å². The number of hydrogen-bond donors (Lipinski definition) is 0. The zero-order valence-electron chi connectivity index (χ0n) is 17.5. The Labute approximate surface area is 175 Å². The molecule has 2 aliphatic rings. The highest BCUT2D eigenvalue weighted by Gasteiger charge is 2.31. The summed E-state index contributed by atoms with van der Waals surface area (Å²) in [4.78, 5) is 0. The van der Waals surface area contributed by atoms with Crippen LogP contribution in [0.2, 0.25) is 0 Å². The van der Waals surface area contributed by atoms with Crippen LogP contribution in [0.1, 0.15) is 102 Å². The van der Waals surface area contributed by atoms with Crippen molar-refractivity contribution in [2.75, 3.05) is 6.61 Å². The lowest BCUT2D eigenvalue weighted by Crippen LogP contribution is -2.25. The molecule has 0 atom stereocenters. The van der Waals surface area contributed by atoms with Gasteiger partial charge in [-0.25, -0.2) is 0 Å². The molecule has 1 aromatic rings. The van der Waals surface area contributed by atoms with Crippen LogP contribution in [-0.2, 0) is 0 Å². The minimum absolute atomic E-state index is 0.749. The minimum atomic E-state index is 0.749. The minimum Gasteiger partial charge on any atom is -0.492 e. The van der Waals surface area contributed by atoms with Gasteiger partial charge in [0.1, 0.15) is 5.75 Å². The van der Waals surface area contributed by atoms with Crippen molar-refractivity contribution in [1.29, 1.82) is 0 Å². The van der Waals surface area contributed by atoms with Gasteiger partial charge in [-0.2, -0.15) is 0 Å². The lowest BCUT2D eigenvalue weighted by molar-refractivity contribution is 0.156. The number of unbranched alkanes of at least 4 members (excludes halogenated alkanes) is 1. The molecular weight excluding hydrogens is 396 g/mol. The van der Waals surface area contributed by atoms with Crippen LogP contribution in [-0.4, -0.2) is 6.61 Å². The summed E-state index contributed by atoms with van der Waals surface area (Å²) in [6.07, 6.45) is 16.8. The quantitative estimate of drug-likeness (QED) is 0.372. The maximum atomic E-state index is 5.89. The fraction of sp³-hybridized carbons (Fsp3) is 0.760. The molecule has 0 heterocycles. The van der Waals surface area contributed by atoms with Gasteiger partial charge in [0.25, 0.3) is 0 Å². The molecular formula is C25H39BrO. The number of hydrogen-bond acceptors (Lipinski definition) is 1. The summed E-state index contributed by atoms with van der Waals surface area (Å²) in [5, 5.41) is 0. The van der Waals surface area contributed by atoms with E-state index in [9.17, 15) is 0 Å². The zero-order chi connectivity index (χ0) is 19.1. The van der Waals surface area contributed by atoms with Crippen molar-refractivity contribution in [2.45, 2.75) is 96.8 Å². The van der Waals surface area contributed by atoms with Gasteiger partial charge in [0.2, 0.25) is 0 Å². The molecule has 1 aromatic carbocycles. The standard InChI is InChI=1S/C25H39BrO/c1-3-5-17-27-25-16-15-23(18-24(25)26)22-13-11-21(12-14-22)20-9-7-19(6-4-2)8-10-20/h15-16,18-22H,3-14,17H2,1-2H3. The van der Waals surface area contributed by atoms with Crippen molar-refractivity contribution >= 4 is 15.9 Å². The van der Waals surface area contributed by atoms with Gasteiger partial charge < -0.3 is 4.74 Å². The number of ether oxygens (including phenoxy) is 1. The zero-order valence-corrected chi connectivity index (χ0v) is 19.1. The van der Waals surface area contributed by atoms with Crippen LogP contribution in [0.5, 0.6) is 5.75 Å². The number of benzene rings is 1. The van der Waals surface area contributed by atoms with E-state index in [2.05, 4.69) is 48.0 Å². The van der Waals surface area contributed by atoms with E-state index in [1.165, 1.54) is 76.2 Å². The first kappa shape index (κ1) is 21.2. The third-order valence-electron chi connectivity index (χ3n) is 7.21. The summed E-state index contributed by atoms with van der Waals surface area (Å²) >= 11 is 3.73. The van der Waals surface area contributed by atoms with Gasteiger partial charge in [-0.1, -0.05) is 52.0 Å². The van der Waals surface area contributed by atoms with E-state index in [1.807, 2.05) is 0 Å². The summed E-state index contributed by atoms with van der Waals surface area (Å²) in [6.45, 7) is 5.37. The third-order valence-corrected chi connectivity index (χ3v) is 7.83. The summed E-state index contributed by atoms with van der Waals surface area (Å²) in [5.74, 6) is 4.82. The molecule has 0 aliphatic heterocycles. The second-order valence-corrected chi connectivity index (χ2v) is 9.93. The van der Waals surface area contributed by atoms with Crippen molar-refractivity contribution in [3.05, 3.63) is 28.2 Å². The van der Waals surface area contributed by atoms with Gasteiger partial charge in [0.15, 0.2) is 0 Å². The van der Waals surface area contributed by atoms with Crippen LogP contribution in [0.25, 0.3) is 0 Å². The second-order valence-electron chi connectivity index (χ2n) is 9.07. The fourth-order valence-electron chi connectivity index (χ4n) is 5.50. The molecule has 0 saturated heterocycles. The summed E-state index contributed by atoms with van der Waals surface area (Å²) in [7, 11) is 0. The summed E-state index contributed by atoms with van der Waals surface area (Å²) < 4.78 is 7.03. The molecule has 3 rings (SSSR count). The van der Waals surface area contributed by atoms with E-state index in [0.717, 1.165) is 46.9 Å². The molecule has 0 aromatic heterocycles. The Balaban J connectivity index is 1.47. The van der Waals surface area contributed by atoms with Crippen LogP contribution in [0, 0.1) is 17.8 Å². The predicted molar refractivity (Wildman–Crippen MR) is 120 cm³/mol. The van der Waals surface area contributed by atoms with Crippen molar-refractivity contribution in [3.63, 3.8) is 0 Å². The molecule has 2 aliphatic carbocycles. The molecule has 1 nitrogen and oxygen atoms in total. The van der Waals surface area contributed by atoms with Gasteiger partial charge in [-0.05, 0) is 102 Å². The highest BCUT2D eigenvalue weighted by atomic mass is 79.9. The highest BCUT2D eigenvalue weighted by Crippen LogP contribution is 2.45. The van der Waals surface area contributed by atoms with Gasteiger partial charge in [0, 0.05) is 0 Å². The van der Waals surface area contributed by atoms with Gasteiger partial charge >= 0.3 is 0 Å². The maximum Gasteiger partial charge on any atom is 0.133 e. The largest absolute Gasteiger partial charge is 0.492 e. The molecule has 0 radical (unpaired) electrons. The Morgan fingerprint density at radius 3 is 2.15 bits per heavy atom. The van der Waals surface area contributed by atoms with Gasteiger partial charge in [-0.3, -0.25) is 0 Å². The van der Waals surface area contributed by atoms with Crippen LogP contribution in [0.3, 0.4) is 0 Å². The number of rotatable bonds is 8. The summed E-state index contributed by atoms with van der Waals surface area (Å²) in [6, 6.07) is 6.81. The molecule has 0 unspecified atom stereocenters. The van der Waals surface area contributed by atoms with E-state index in [4.69, 9.17) is 4.74 Å². The first-order valence-corrected chi connectivity index (χ1v) is 12.4. The number of halogens is 1. The topological polar surface area (TPSA) is 9.23 Å². The molecule has 27 heavy (non-hydrogen) atoms. The molecule has 0 N–H and O–H groups in total. The van der Waals surface area contributed by atoms with Crippen molar-refractivity contribution in [1.82, 2.24) is 0 Å². The van der Waals surface area contributed by atoms with Crippen LogP contribution in [0.15, 0.2) is 22.7 Å². The normalized spacial score (nSPS) is 28.9. The van der Waals surface area contributed by atoms with E-state index < -0.39 is 0 Å². The van der Waals surface area contributed by atoms with Crippen LogP contribution >= 0.6 is 15.9 Å². The SMILES string of the molecule is CCCCOc1ccc(C2CCC(C3CCC(CCC)CC3)CC2)cc1Br. The first-order valence-electron chi connectivity index (χ1n) is 11.6. The Hall–Kier alpha value is -0.500. The molecule has 2 saturated carbocycles.